The van der Waals surface area contributed by atoms with E-state index in [9.17, 15) is 9.18 Å². The molecule has 1 saturated carbocycles. The van der Waals surface area contributed by atoms with E-state index in [0.29, 0.717) is 23.8 Å². The van der Waals surface area contributed by atoms with Gasteiger partial charge in [-0.25, -0.2) is 9.40 Å². The maximum atomic E-state index is 13.4. The fourth-order valence-electron chi connectivity index (χ4n) is 4.07. The Morgan fingerprint density at radius 3 is 2.77 bits per heavy atom. The summed E-state index contributed by atoms with van der Waals surface area (Å²) < 4.78 is 13.4. The van der Waals surface area contributed by atoms with Gasteiger partial charge in [0.25, 0.3) is 0 Å². The van der Waals surface area contributed by atoms with Gasteiger partial charge in [-0.15, -0.1) is 0 Å². The lowest BCUT2D eigenvalue weighted by Gasteiger charge is -2.25. The van der Waals surface area contributed by atoms with Crippen LogP contribution in [0.5, 0.6) is 0 Å². The van der Waals surface area contributed by atoms with Crippen molar-refractivity contribution in [2.24, 2.45) is 22.9 Å². The van der Waals surface area contributed by atoms with Crippen LogP contribution in [0.1, 0.15) is 30.9 Å². The number of nitrogens with one attached hydrogen (secondary N) is 1. The first-order valence-electron chi connectivity index (χ1n) is 7.89. The molecule has 2 aliphatic heterocycles. The van der Waals surface area contributed by atoms with E-state index < -0.39 is 0 Å². The van der Waals surface area contributed by atoms with Crippen LogP contribution in [-0.2, 0) is 4.79 Å². The molecule has 1 aromatic heterocycles. The number of pyridine rings is 1. The summed E-state index contributed by atoms with van der Waals surface area (Å²) in [5.41, 5.74) is 0.714. The second-order valence-corrected chi connectivity index (χ2v) is 6.52. The Bertz CT molecular complexity index is 608. The molecule has 1 aliphatic carbocycles. The van der Waals surface area contributed by atoms with E-state index in [-0.39, 0.29) is 23.7 Å². The van der Waals surface area contributed by atoms with Gasteiger partial charge in [-0.2, -0.15) is 5.10 Å². The predicted molar refractivity (Wildman–Crippen MR) is 79.5 cm³/mol. The van der Waals surface area contributed by atoms with Gasteiger partial charge in [0.1, 0.15) is 5.82 Å². The van der Waals surface area contributed by atoms with Gasteiger partial charge >= 0.3 is 0 Å². The van der Waals surface area contributed by atoms with Crippen LogP contribution in [0.15, 0.2) is 23.6 Å². The molecule has 0 bridgehead atoms. The molecule has 4 rings (SSSR count). The highest BCUT2D eigenvalue weighted by Gasteiger charge is 2.43. The summed E-state index contributed by atoms with van der Waals surface area (Å²) in [7, 11) is 0. The zero-order valence-electron chi connectivity index (χ0n) is 12.3. The highest BCUT2D eigenvalue weighted by molar-refractivity contribution is 5.82. The molecule has 1 N–H and O–H groups in total. The van der Waals surface area contributed by atoms with Gasteiger partial charge in [-0.3, -0.25) is 9.78 Å². The number of carbonyl (C=O) groups is 1. The van der Waals surface area contributed by atoms with Gasteiger partial charge in [0.15, 0.2) is 0 Å². The van der Waals surface area contributed by atoms with Crippen LogP contribution in [0.2, 0.25) is 0 Å². The molecule has 1 amide bonds. The summed E-state index contributed by atoms with van der Waals surface area (Å²) in [5, 5.41) is 9.20. The molecule has 3 unspecified atom stereocenters. The molecule has 5 nitrogen and oxygen atoms in total. The average molecular weight is 302 g/mol. The Labute approximate surface area is 128 Å². The monoisotopic (exact) mass is 302 g/mol. The van der Waals surface area contributed by atoms with E-state index in [0.717, 1.165) is 25.9 Å². The lowest BCUT2D eigenvalue weighted by atomic mass is 10.0. The van der Waals surface area contributed by atoms with Gasteiger partial charge < -0.3 is 5.32 Å². The minimum Gasteiger partial charge on any atom is -0.316 e. The molecule has 22 heavy (non-hydrogen) atoms. The van der Waals surface area contributed by atoms with E-state index in [2.05, 4.69) is 15.4 Å². The predicted octanol–water partition coefficient (Wildman–Crippen LogP) is 1.73. The molecule has 116 valence electrons. The van der Waals surface area contributed by atoms with E-state index in [4.69, 9.17) is 0 Å². The first kappa shape index (κ1) is 13.8. The van der Waals surface area contributed by atoms with E-state index in [1.807, 2.05) is 0 Å². The number of hydrogen-bond donors (Lipinski definition) is 1. The van der Waals surface area contributed by atoms with Crippen LogP contribution in [0.3, 0.4) is 0 Å². The highest BCUT2D eigenvalue weighted by Crippen LogP contribution is 2.41. The number of halogens is 1. The Kier molecular flexibility index (Phi) is 3.41. The fraction of sp³-hybridized carbons (Fsp3) is 0.562. The largest absolute Gasteiger partial charge is 0.316 e. The zero-order chi connectivity index (χ0) is 15.1. The first-order valence-corrected chi connectivity index (χ1v) is 7.89. The third kappa shape index (κ3) is 2.31. The number of amides is 1. The molecular formula is C16H19FN4O. The van der Waals surface area contributed by atoms with Gasteiger partial charge in [0.2, 0.25) is 5.91 Å². The third-order valence-electron chi connectivity index (χ3n) is 5.17. The first-order chi connectivity index (χ1) is 10.7. The molecule has 1 aromatic rings. The normalized spacial score (nSPS) is 33.4. The Morgan fingerprint density at radius 2 is 2.05 bits per heavy atom. The van der Waals surface area contributed by atoms with Gasteiger partial charge in [-0.05, 0) is 49.4 Å². The Morgan fingerprint density at radius 1 is 1.27 bits per heavy atom. The summed E-state index contributed by atoms with van der Waals surface area (Å²) in [6.07, 6.45) is 7.04. The molecule has 6 heteroatoms. The minimum absolute atomic E-state index is 0.0522. The molecule has 1 saturated heterocycles. The number of hydrogen-bond acceptors (Lipinski definition) is 4. The van der Waals surface area contributed by atoms with Crippen molar-refractivity contribution in [3.63, 3.8) is 0 Å². The van der Waals surface area contributed by atoms with Gasteiger partial charge in [-0.1, -0.05) is 0 Å². The molecule has 0 radical (unpaired) electrons. The van der Waals surface area contributed by atoms with Crippen molar-refractivity contribution in [1.29, 1.82) is 0 Å². The topological polar surface area (TPSA) is 57.6 Å². The fourth-order valence-corrected chi connectivity index (χ4v) is 4.07. The van der Waals surface area contributed by atoms with Crippen LogP contribution in [0.4, 0.5) is 4.39 Å². The van der Waals surface area contributed by atoms with Crippen molar-refractivity contribution in [3.05, 3.63) is 29.8 Å². The van der Waals surface area contributed by atoms with Crippen LogP contribution in [0, 0.1) is 23.6 Å². The second-order valence-electron chi connectivity index (χ2n) is 6.52. The highest BCUT2D eigenvalue weighted by atomic mass is 19.1. The summed E-state index contributed by atoms with van der Waals surface area (Å²) in [4.78, 5) is 16.7. The second kappa shape index (κ2) is 5.43. The van der Waals surface area contributed by atoms with Crippen LogP contribution < -0.4 is 5.32 Å². The lowest BCUT2D eigenvalue weighted by Crippen LogP contribution is -2.32. The van der Waals surface area contributed by atoms with Crippen molar-refractivity contribution >= 4 is 12.1 Å². The molecular weight excluding hydrogens is 283 g/mol. The Balaban J connectivity index is 1.51. The standard InChI is InChI=1S/C16H19FN4O/c17-14-5-13(8-19-9-14)15-1-2-20-21(15)16(22)10-3-11-6-18-7-12(11)4-10/h2,5,8-12,15,18H,1,3-4,6-7H2. The number of nitrogens with zero attached hydrogens (tertiary/aromatic N) is 3. The van der Waals surface area contributed by atoms with Crippen molar-refractivity contribution in [1.82, 2.24) is 15.3 Å². The van der Waals surface area contributed by atoms with E-state index in [1.54, 1.807) is 17.4 Å². The van der Waals surface area contributed by atoms with Crippen LogP contribution in [-0.4, -0.2) is 35.2 Å². The van der Waals surface area contributed by atoms with Crippen molar-refractivity contribution in [2.75, 3.05) is 13.1 Å². The summed E-state index contributed by atoms with van der Waals surface area (Å²) in [5.74, 6) is 0.997. The summed E-state index contributed by atoms with van der Waals surface area (Å²) in [6, 6.07) is 1.23. The van der Waals surface area contributed by atoms with E-state index >= 15 is 0 Å². The van der Waals surface area contributed by atoms with Gasteiger partial charge in [0.05, 0.1) is 12.2 Å². The van der Waals surface area contributed by atoms with Crippen molar-refractivity contribution in [3.8, 4) is 0 Å². The maximum absolute atomic E-state index is 13.4. The van der Waals surface area contributed by atoms with Gasteiger partial charge in [0, 0.05) is 24.8 Å². The SMILES string of the molecule is O=C(C1CC2CNCC2C1)N1N=CCC1c1cncc(F)c1. The molecule has 3 aliphatic rings. The third-order valence-corrected chi connectivity index (χ3v) is 5.17. The molecule has 3 atom stereocenters. The van der Waals surface area contributed by atoms with Crippen LogP contribution >= 0.6 is 0 Å². The lowest BCUT2D eigenvalue weighted by molar-refractivity contribution is -0.137. The molecule has 3 heterocycles. The number of fused-ring (bicyclic) bond motifs is 1. The number of carbonyl (C=O) groups excluding carboxylic acids is 1. The number of hydrazone groups is 1. The zero-order valence-corrected chi connectivity index (χ0v) is 12.3. The molecule has 2 fully saturated rings. The number of rotatable bonds is 2. The van der Waals surface area contributed by atoms with Crippen LogP contribution in [0.25, 0.3) is 0 Å². The van der Waals surface area contributed by atoms with E-state index in [1.165, 1.54) is 12.3 Å². The van der Waals surface area contributed by atoms with Crippen molar-refractivity contribution < 1.29 is 9.18 Å². The quantitative estimate of drug-likeness (QED) is 0.905. The smallest absolute Gasteiger partial charge is 0.246 e. The number of aromatic nitrogens is 1. The average Bonchev–Trinajstić information content (AvgIpc) is 3.21. The summed E-state index contributed by atoms with van der Waals surface area (Å²) >= 11 is 0. The molecule has 0 aromatic carbocycles. The van der Waals surface area contributed by atoms with Crippen molar-refractivity contribution in [2.45, 2.75) is 25.3 Å². The Hall–Kier alpha value is -1.82. The molecule has 0 spiro atoms. The summed E-state index contributed by atoms with van der Waals surface area (Å²) in [6.45, 7) is 2.05. The minimum atomic E-state index is -0.377. The maximum Gasteiger partial charge on any atom is 0.246 e.